The molecule has 0 aromatic heterocycles. The minimum atomic E-state index is -0.920. The van der Waals surface area contributed by atoms with Crippen LogP contribution in [0.5, 0.6) is 23.0 Å². The highest BCUT2D eigenvalue weighted by Crippen LogP contribution is 2.32. The summed E-state index contributed by atoms with van der Waals surface area (Å²) in [6.07, 6.45) is -0.906. The molecule has 154 valence electrons. The predicted octanol–water partition coefficient (Wildman–Crippen LogP) is 2.22. The summed E-state index contributed by atoms with van der Waals surface area (Å²) >= 11 is 0. The maximum absolute atomic E-state index is 12.2. The van der Waals surface area contributed by atoms with Gasteiger partial charge in [0.15, 0.2) is 29.1 Å². The molecule has 0 saturated carbocycles. The topological polar surface area (TPSA) is 92.3 Å². The molecule has 2 aromatic rings. The lowest BCUT2D eigenvalue weighted by molar-refractivity contribution is -0.154. The van der Waals surface area contributed by atoms with Crippen LogP contribution in [0, 0.1) is 0 Å². The zero-order chi connectivity index (χ0) is 20.8. The highest BCUT2D eigenvalue weighted by molar-refractivity contribution is 5.84. The fourth-order valence-electron chi connectivity index (χ4n) is 2.83. The van der Waals surface area contributed by atoms with Crippen molar-refractivity contribution in [3.8, 4) is 23.0 Å². The highest BCUT2D eigenvalue weighted by Gasteiger charge is 2.19. The maximum atomic E-state index is 12.2. The van der Waals surface area contributed by atoms with Crippen LogP contribution in [0.25, 0.3) is 0 Å². The Bertz CT molecular complexity index is 897. The minimum Gasteiger partial charge on any atom is -0.493 e. The van der Waals surface area contributed by atoms with Crippen LogP contribution in [0.1, 0.15) is 18.1 Å². The minimum absolute atomic E-state index is 0.0140. The van der Waals surface area contributed by atoms with E-state index < -0.39 is 12.1 Å². The maximum Gasteiger partial charge on any atom is 0.311 e. The van der Waals surface area contributed by atoms with E-state index in [0.717, 1.165) is 5.56 Å². The van der Waals surface area contributed by atoms with Crippen molar-refractivity contribution >= 4 is 11.9 Å². The summed E-state index contributed by atoms with van der Waals surface area (Å²) < 4.78 is 26.2. The number of methoxy groups -OCH3 is 2. The van der Waals surface area contributed by atoms with Gasteiger partial charge in [-0.05, 0) is 42.3 Å². The van der Waals surface area contributed by atoms with Crippen molar-refractivity contribution in [1.82, 2.24) is 5.32 Å². The Balaban J connectivity index is 1.49. The molecule has 2 aromatic carbocycles. The monoisotopic (exact) mass is 401 g/mol. The van der Waals surface area contributed by atoms with Gasteiger partial charge in [-0.25, -0.2) is 0 Å². The second kappa shape index (κ2) is 9.18. The number of esters is 1. The van der Waals surface area contributed by atoms with Gasteiger partial charge in [-0.3, -0.25) is 9.59 Å². The number of carbonyl (C=O) groups excluding carboxylic acids is 2. The summed E-state index contributed by atoms with van der Waals surface area (Å²) in [6, 6.07) is 10.6. The van der Waals surface area contributed by atoms with E-state index in [9.17, 15) is 9.59 Å². The Morgan fingerprint density at radius 2 is 1.72 bits per heavy atom. The molecule has 0 bridgehead atoms. The number of carbonyl (C=O) groups is 2. The number of nitrogens with one attached hydrogen (secondary N) is 1. The molecule has 1 atom stereocenters. The highest BCUT2D eigenvalue weighted by atomic mass is 16.7. The van der Waals surface area contributed by atoms with Crippen LogP contribution in [0.4, 0.5) is 0 Å². The molecule has 3 rings (SSSR count). The summed E-state index contributed by atoms with van der Waals surface area (Å²) in [5, 5.41) is 2.74. The molecule has 8 nitrogen and oxygen atoms in total. The van der Waals surface area contributed by atoms with Gasteiger partial charge in [0.25, 0.3) is 5.91 Å². The largest absolute Gasteiger partial charge is 0.493 e. The van der Waals surface area contributed by atoms with Crippen LogP contribution >= 0.6 is 0 Å². The first-order valence-electron chi connectivity index (χ1n) is 9.06. The van der Waals surface area contributed by atoms with Gasteiger partial charge in [-0.15, -0.1) is 0 Å². The van der Waals surface area contributed by atoms with Gasteiger partial charge >= 0.3 is 5.97 Å². The molecule has 1 N–H and O–H groups in total. The average Bonchev–Trinajstić information content (AvgIpc) is 3.19. The standard InChI is InChI=1S/C21H23NO7/c1-13(21(24)22-11-15-5-7-17-19(9-15)28-12-27-17)29-20(23)10-14-4-6-16(25-2)18(8-14)26-3/h4-9,13H,10-12H2,1-3H3,(H,22,24)/t13-/m0/s1. The van der Waals surface area contributed by atoms with Gasteiger partial charge < -0.3 is 29.0 Å². The molecule has 0 radical (unpaired) electrons. The van der Waals surface area contributed by atoms with E-state index >= 15 is 0 Å². The van der Waals surface area contributed by atoms with Gasteiger partial charge in [0.1, 0.15) is 0 Å². The Labute approximate surface area is 168 Å². The number of amides is 1. The third kappa shape index (κ3) is 5.10. The van der Waals surface area contributed by atoms with Crippen molar-refractivity contribution in [2.45, 2.75) is 26.0 Å². The summed E-state index contributed by atoms with van der Waals surface area (Å²) in [6.45, 7) is 2.01. The van der Waals surface area contributed by atoms with Gasteiger partial charge in [0.2, 0.25) is 6.79 Å². The Hall–Kier alpha value is -3.42. The van der Waals surface area contributed by atoms with Crippen molar-refractivity contribution in [1.29, 1.82) is 0 Å². The van der Waals surface area contributed by atoms with Crippen LogP contribution in [0.3, 0.4) is 0 Å². The van der Waals surface area contributed by atoms with Crippen LogP contribution in [0.2, 0.25) is 0 Å². The first kappa shape index (κ1) is 20.3. The van der Waals surface area contributed by atoms with Crippen LogP contribution in [-0.4, -0.2) is 39.0 Å². The number of fused-ring (bicyclic) bond motifs is 1. The third-order valence-electron chi connectivity index (χ3n) is 4.38. The summed E-state index contributed by atoms with van der Waals surface area (Å²) in [5.74, 6) is 1.52. The van der Waals surface area contributed by atoms with Crippen LogP contribution < -0.4 is 24.3 Å². The van der Waals surface area contributed by atoms with E-state index in [2.05, 4.69) is 5.32 Å². The van der Waals surface area contributed by atoms with Crippen molar-refractivity contribution in [3.05, 3.63) is 47.5 Å². The number of hydrogen-bond acceptors (Lipinski definition) is 7. The van der Waals surface area contributed by atoms with Gasteiger partial charge in [0.05, 0.1) is 20.6 Å². The van der Waals surface area contributed by atoms with Crippen molar-refractivity contribution in [2.75, 3.05) is 21.0 Å². The van der Waals surface area contributed by atoms with E-state index in [1.54, 1.807) is 30.3 Å². The lowest BCUT2D eigenvalue weighted by Crippen LogP contribution is -2.35. The zero-order valence-corrected chi connectivity index (χ0v) is 16.5. The van der Waals surface area contributed by atoms with Gasteiger partial charge in [0, 0.05) is 6.54 Å². The second-order valence-corrected chi connectivity index (χ2v) is 6.40. The molecule has 1 aliphatic heterocycles. The lowest BCUT2D eigenvalue weighted by Gasteiger charge is -2.14. The number of benzene rings is 2. The second-order valence-electron chi connectivity index (χ2n) is 6.40. The summed E-state index contributed by atoms with van der Waals surface area (Å²) in [7, 11) is 3.06. The van der Waals surface area contributed by atoms with E-state index in [-0.39, 0.29) is 25.7 Å². The SMILES string of the molecule is COc1ccc(CC(=O)O[C@@H](C)C(=O)NCc2ccc3c(c2)OCO3)cc1OC. The number of ether oxygens (including phenoxy) is 5. The number of hydrogen-bond donors (Lipinski definition) is 1. The normalized spacial score (nSPS) is 12.8. The average molecular weight is 401 g/mol. The quantitative estimate of drug-likeness (QED) is 0.678. The molecule has 0 aliphatic carbocycles. The Kier molecular flexibility index (Phi) is 6.43. The first-order chi connectivity index (χ1) is 14.0. The van der Waals surface area contributed by atoms with Crippen LogP contribution in [-0.2, 0) is 27.3 Å². The van der Waals surface area contributed by atoms with E-state index in [0.29, 0.717) is 28.6 Å². The van der Waals surface area contributed by atoms with E-state index in [1.165, 1.54) is 21.1 Å². The molecule has 0 spiro atoms. The summed E-state index contributed by atoms with van der Waals surface area (Å²) in [5.41, 5.74) is 1.55. The first-order valence-corrected chi connectivity index (χ1v) is 9.06. The molecule has 0 unspecified atom stereocenters. The van der Waals surface area contributed by atoms with E-state index in [4.69, 9.17) is 23.7 Å². The lowest BCUT2D eigenvalue weighted by atomic mass is 10.1. The predicted molar refractivity (Wildman–Crippen MR) is 103 cm³/mol. The molecule has 1 heterocycles. The smallest absolute Gasteiger partial charge is 0.311 e. The fourth-order valence-corrected chi connectivity index (χ4v) is 2.83. The third-order valence-corrected chi connectivity index (χ3v) is 4.38. The molecule has 1 aliphatic rings. The van der Waals surface area contributed by atoms with E-state index in [1.807, 2.05) is 6.07 Å². The fraction of sp³-hybridized carbons (Fsp3) is 0.333. The Morgan fingerprint density at radius 3 is 2.48 bits per heavy atom. The molecular formula is C21H23NO7. The molecule has 1 amide bonds. The van der Waals surface area contributed by atoms with Crippen molar-refractivity contribution < 1.29 is 33.3 Å². The van der Waals surface area contributed by atoms with Gasteiger partial charge in [-0.2, -0.15) is 0 Å². The molecule has 29 heavy (non-hydrogen) atoms. The molecule has 0 fully saturated rings. The number of rotatable bonds is 8. The Morgan fingerprint density at radius 1 is 1.00 bits per heavy atom. The summed E-state index contributed by atoms with van der Waals surface area (Å²) in [4.78, 5) is 24.4. The van der Waals surface area contributed by atoms with Crippen LogP contribution in [0.15, 0.2) is 36.4 Å². The van der Waals surface area contributed by atoms with Gasteiger partial charge in [-0.1, -0.05) is 12.1 Å². The zero-order valence-electron chi connectivity index (χ0n) is 16.5. The molecule has 8 heteroatoms. The van der Waals surface area contributed by atoms with Crippen molar-refractivity contribution in [3.63, 3.8) is 0 Å². The van der Waals surface area contributed by atoms with Crippen molar-refractivity contribution in [2.24, 2.45) is 0 Å². The molecular weight excluding hydrogens is 378 g/mol. The molecule has 0 saturated heterocycles.